The molecule has 0 aromatic carbocycles. The summed E-state index contributed by atoms with van der Waals surface area (Å²) in [5.41, 5.74) is 0. The summed E-state index contributed by atoms with van der Waals surface area (Å²) < 4.78 is 0. The highest BCUT2D eigenvalue weighted by Gasteiger charge is 2.29. The lowest BCUT2D eigenvalue weighted by atomic mass is 10.1. The molecule has 0 aromatic rings. The van der Waals surface area contributed by atoms with Crippen molar-refractivity contribution in [3.8, 4) is 0 Å². The summed E-state index contributed by atoms with van der Waals surface area (Å²) in [6.07, 6.45) is 7.32. The van der Waals surface area contributed by atoms with Crippen molar-refractivity contribution in [2.24, 2.45) is 0 Å². The molecule has 2 aliphatic rings. The molecule has 0 aromatic heterocycles. The van der Waals surface area contributed by atoms with Crippen molar-refractivity contribution in [1.82, 2.24) is 10.2 Å². The number of likely N-dealkylation sites (tertiary alicyclic amines) is 1. The molecule has 1 heterocycles. The lowest BCUT2D eigenvalue weighted by Crippen LogP contribution is -2.48. The van der Waals surface area contributed by atoms with Crippen LogP contribution in [0.25, 0.3) is 0 Å². The molecule has 1 aliphatic heterocycles. The van der Waals surface area contributed by atoms with Gasteiger partial charge >= 0.3 is 6.03 Å². The van der Waals surface area contributed by atoms with Crippen LogP contribution in [0.1, 0.15) is 45.4 Å². The molecule has 1 aliphatic carbocycles. The average Bonchev–Trinajstić information content (AvgIpc) is 2.78. The highest BCUT2D eigenvalue weighted by atomic mass is 32.2. The zero-order chi connectivity index (χ0) is 12.1. The number of hydrogen-bond acceptors (Lipinski definition) is 2. The van der Waals surface area contributed by atoms with Crippen LogP contribution in [-0.4, -0.2) is 41.1 Å². The maximum absolute atomic E-state index is 12.1. The van der Waals surface area contributed by atoms with Gasteiger partial charge in [0.2, 0.25) is 0 Å². The van der Waals surface area contributed by atoms with Gasteiger partial charge in [-0.15, -0.1) is 0 Å². The normalized spacial score (nSPS) is 29.4. The van der Waals surface area contributed by atoms with E-state index in [0.29, 0.717) is 11.3 Å². The van der Waals surface area contributed by atoms with Crippen molar-refractivity contribution in [2.75, 3.05) is 18.8 Å². The summed E-state index contributed by atoms with van der Waals surface area (Å²) in [5.74, 6) is 1.15. The third-order valence-corrected chi connectivity index (χ3v) is 5.11. The van der Waals surface area contributed by atoms with Crippen molar-refractivity contribution in [2.45, 2.75) is 56.7 Å². The molecule has 2 unspecified atom stereocenters. The summed E-state index contributed by atoms with van der Waals surface area (Å²) in [6, 6.07) is 0.590. The number of amides is 2. The smallest absolute Gasteiger partial charge is 0.317 e. The largest absolute Gasteiger partial charge is 0.334 e. The van der Waals surface area contributed by atoms with Crippen molar-refractivity contribution < 1.29 is 4.79 Å². The Morgan fingerprint density at radius 1 is 1.24 bits per heavy atom. The minimum atomic E-state index is 0.179. The fourth-order valence-electron chi connectivity index (χ4n) is 2.85. The lowest BCUT2D eigenvalue weighted by Gasteiger charge is -2.29. The zero-order valence-corrected chi connectivity index (χ0v) is 11.6. The lowest BCUT2D eigenvalue weighted by molar-refractivity contribution is 0.183. The number of nitrogens with one attached hydrogen (secondary N) is 1. The fraction of sp³-hybridized carbons (Fsp3) is 0.923. The van der Waals surface area contributed by atoms with E-state index in [2.05, 4.69) is 12.2 Å². The van der Waals surface area contributed by atoms with Gasteiger partial charge in [0, 0.05) is 24.4 Å². The molecule has 0 bridgehead atoms. The molecule has 1 saturated heterocycles. The first-order valence-corrected chi connectivity index (χ1v) is 8.03. The summed E-state index contributed by atoms with van der Waals surface area (Å²) in [6.45, 7) is 4.10. The Morgan fingerprint density at radius 2 is 2.00 bits per heavy atom. The van der Waals surface area contributed by atoms with Gasteiger partial charge in [0.25, 0.3) is 0 Å². The fourth-order valence-corrected chi connectivity index (χ4v) is 4.05. The molecular formula is C13H24N2OS. The van der Waals surface area contributed by atoms with Crippen molar-refractivity contribution in [3.05, 3.63) is 0 Å². The monoisotopic (exact) mass is 256 g/mol. The Bertz CT molecular complexity index is 254. The third kappa shape index (κ3) is 3.54. The van der Waals surface area contributed by atoms with E-state index in [1.54, 1.807) is 0 Å². The molecule has 2 amide bonds. The maximum Gasteiger partial charge on any atom is 0.317 e. The van der Waals surface area contributed by atoms with Gasteiger partial charge in [-0.25, -0.2) is 4.79 Å². The van der Waals surface area contributed by atoms with E-state index < -0.39 is 0 Å². The number of piperidine rings is 1. The average molecular weight is 256 g/mol. The van der Waals surface area contributed by atoms with Gasteiger partial charge in [-0.05, 0) is 37.9 Å². The Balaban J connectivity index is 1.80. The quantitative estimate of drug-likeness (QED) is 0.842. The highest BCUT2D eigenvalue weighted by molar-refractivity contribution is 7.99. The minimum absolute atomic E-state index is 0.179. The van der Waals surface area contributed by atoms with Crippen LogP contribution in [-0.2, 0) is 0 Å². The predicted octanol–water partition coefficient (Wildman–Crippen LogP) is 2.86. The van der Waals surface area contributed by atoms with Gasteiger partial charge in [0.05, 0.1) is 0 Å². The van der Waals surface area contributed by atoms with Gasteiger partial charge in [-0.2, -0.15) is 11.8 Å². The zero-order valence-electron chi connectivity index (χ0n) is 10.8. The van der Waals surface area contributed by atoms with Crippen LogP contribution in [0, 0.1) is 0 Å². The Hall–Kier alpha value is -0.380. The van der Waals surface area contributed by atoms with Crippen LogP contribution in [0.4, 0.5) is 4.79 Å². The Kier molecular flexibility index (Phi) is 5.01. The number of urea groups is 1. The van der Waals surface area contributed by atoms with Crippen LogP contribution in [0.5, 0.6) is 0 Å². The molecule has 0 radical (unpaired) electrons. The van der Waals surface area contributed by atoms with Crippen molar-refractivity contribution >= 4 is 17.8 Å². The predicted molar refractivity (Wildman–Crippen MR) is 73.5 cm³/mol. The van der Waals surface area contributed by atoms with Gasteiger partial charge in [0.1, 0.15) is 0 Å². The van der Waals surface area contributed by atoms with Crippen molar-refractivity contribution in [1.29, 1.82) is 0 Å². The maximum atomic E-state index is 12.1. The van der Waals surface area contributed by atoms with Crippen LogP contribution < -0.4 is 5.32 Å². The number of rotatable bonds is 3. The van der Waals surface area contributed by atoms with E-state index in [4.69, 9.17) is 0 Å². The van der Waals surface area contributed by atoms with E-state index in [1.807, 2.05) is 16.7 Å². The molecular weight excluding hydrogens is 232 g/mol. The molecule has 2 rings (SSSR count). The second-order valence-corrected chi connectivity index (χ2v) is 6.54. The standard InChI is InChI=1S/C13H24N2OS/c1-2-17-12-8-6-7-11(12)14-13(16)15-9-4-3-5-10-15/h11-12H,2-10H2,1H3,(H,14,16). The second-order valence-electron chi connectivity index (χ2n) is 5.03. The highest BCUT2D eigenvalue weighted by Crippen LogP contribution is 2.30. The molecule has 98 valence electrons. The van der Waals surface area contributed by atoms with Gasteiger partial charge in [-0.1, -0.05) is 13.3 Å². The van der Waals surface area contributed by atoms with Crippen LogP contribution in [0.15, 0.2) is 0 Å². The van der Waals surface area contributed by atoms with E-state index in [1.165, 1.54) is 32.1 Å². The first kappa shape index (κ1) is 13.1. The first-order chi connectivity index (χ1) is 8.31. The summed E-state index contributed by atoms with van der Waals surface area (Å²) in [5, 5.41) is 3.90. The van der Waals surface area contributed by atoms with Crippen molar-refractivity contribution in [3.63, 3.8) is 0 Å². The van der Waals surface area contributed by atoms with Gasteiger partial charge < -0.3 is 10.2 Å². The van der Waals surface area contributed by atoms with Gasteiger partial charge in [0.15, 0.2) is 0 Å². The van der Waals surface area contributed by atoms with E-state index in [-0.39, 0.29) is 6.03 Å². The number of thioether (sulfide) groups is 1. The van der Waals surface area contributed by atoms with E-state index in [0.717, 1.165) is 25.3 Å². The Morgan fingerprint density at radius 3 is 2.71 bits per heavy atom. The molecule has 1 N–H and O–H groups in total. The number of carbonyl (C=O) groups is 1. The molecule has 2 fully saturated rings. The molecule has 0 spiro atoms. The Labute approximate surface area is 109 Å². The molecule has 2 atom stereocenters. The number of hydrogen-bond donors (Lipinski definition) is 1. The molecule has 17 heavy (non-hydrogen) atoms. The number of carbonyl (C=O) groups excluding carboxylic acids is 1. The summed E-state index contributed by atoms with van der Waals surface area (Å²) in [4.78, 5) is 14.1. The van der Waals surface area contributed by atoms with Crippen LogP contribution >= 0.6 is 11.8 Å². The topological polar surface area (TPSA) is 32.3 Å². The molecule has 1 saturated carbocycles. The van der Waals surface area contributed by atoms with E-state index >= 15 is 0 Å². The summed E-state index contributed by atoms with van der Waals surface area (Å²) in [7, 11) is 0. The molecule has 3 nitrogen and oxygen atoms in total. The summed E-state index contributed by atoms with van der Waals surface area (Å²) >= 11 is 2.00. The SMILES string of the molecule is CCSC1CCCC1NC(=O)N1CCCCC1. The second kappa shape index (κ2) is 6.53. The minimum Gasteiger partial charge on any atom is -0.334 e. The van der Waals surface area contributed by atoms with Crippen LogP contribution in [0.2, 0.25) is 0 Å². The van der Waals surface area contributed by atoms with Gasteiger partial charge in [-0.3, -0.25) is 0 Å². The number of nitrogens with zero attached hydrogens (tertiary/aromatic N) is 1. The first-order valence-electron chi connectivity index (χ1n) is 6.98. The third-order valence-electron chi connectivity index (χ3n) is 3.79. The van der Waals surface area contributed by atoms with E-state index in [9.17, 15) is 4.79 Å². The van der Waals surface area contributed by atoms with Crippen LogP contribution in [0.3, 0.4) is 0 Å². The molecule has 4 heteroatoms.